The predicted molar refractivity (Wildman–Crippen MR) is 81.3 cm³/mol. The minimum absolute atomic E-state index is 0.161. The second-order valence-corrected chi connectivity index (χ2v) is 6.86. The maximum atomic E-state index is 12.2. The van der Waals surface area contributed by atoms with Crippen LogP contribution in [0.15, 0.2) is 18.2 Å². The van der Waals surface area contributed by atoms with Crippen molar-refractivity contribution in [3.8, 4) is 0 Å². The van der Waals surface area contributed by atoms with Crippen LogP contribution in [0.2, 0.25) is 0 Å². The highest BCUT2D eigenvalue weighted by Crippen LogP contribution is 2.64. The fraction of sp³-hybridized carbons (Fsp3) is 0.429. The van der Waals surface area contributed by atoms with Crippen LogP contribution in [-0.2, 0) is 9.59 Å². The lowest BCUT2D eigenvalue weighted by atomic mass is 10.1. The second kappa shape index (κ2) is 4.93. The van der Waals surface area contributed by atoms with E-state index in [1.165, 1.54) is 6.92 Å². The molecule has 2 rings (SSSR count). The van der Waals surface area contributed by atoms with Gasteiger partial charge in [0.2, 0.25) is 11.8 Å². The van der Waals surface area contributed by atoms with Crippen LogP contribution in [0.25, 0.3) is 0 Å². The number of nitrogens with one attached hydrogen (secondary N) is 2. The van der Waals surface area contributed by atoms with Crippen LogP contribution in [0.4, 0.5) is 11.4 Å². The van der Waals surface area contributed by atoms with Crippen molar-refractivity contribution in [1.29, 1.82) is 0 Å². The van der Waals surface area contributed by atoms with Gasteiger partial charge >= 0.3 is 0 Å². The van der Waals surface area contributed by atoms with Gasteiger partial charge in [0.1, 0.15) is 4.33 Å². The second-order valence-electron chi connectivity index (χ2n) is 5.38. The minimum Gasteiger partial charge on any atom is -0.326 e. The number of amides is 2. The SMILES string of the molecule is CC(=O)Nc1cc(NC(=O)[C@]2(C)CC2(Cl)Cl)ccc1C. The monoisotopic (exact) mass is 314 g/mol. The summed E-state index contributed by atoms with van der Waals surface area (Å²) >= 11 is 12.0. The quantitative estimate of drug-likeness (QED) is 0.839. The lowest BCUT2D eigenvalue weighted by Gasteiger charge is -2.14. The normalized spacial score (nSPS) is 23.1. The van der Waals surface area contributed by atoms with Crippen molar-refractivity contribution in [2.75, 3.05) is 10.6 Å². The number of hydrogen-bond donors (Lipinski definition) is 2. The first kappa shape index (κ1) is 15.1. The molecule has 0 saturated heterocycles. The van der Waals surface area contributed by atoms with Crippen LogP contribution in [0, 0.1) is 12.3 Å². The van der Waals surface area contributed by atoms with Crippen molar-refractivity contribution in [2.24, 2.45) is 5.41 Å². The summed E-state index contributed by atoms with van der Waals surface area (Å²) in [4.78, 5) is 23.3. The molecule has 1 saturated carbocycles. The molecule has 0 aromatic heterocycles. The summed E-state index contributed by atoms with van der Waals surface area (Å²) in [7, 11) is 0. The molecule has 1 fully saturated rings. The van der Waals surface area contributed by atoms with Gasteiger partial charge in [-0.05, 0) is 38.0 Å². The van der Waals surface area contributed by atoms with E-state index >= 15 is 0 Å². The average molecular weight is 315 g/mol. The first-order valence-electron chi connectivity index (χ1n) is 6.23. The Morgan fingerprint density at radius 3 is 2.35 bits per heavy atom. The van der Waals surface area contributed by atoms with Crippen molar-refractivity contribution in [2.45, 2.75) is 31.5 Å². The van der Waals surface area contributed by atoms with Gasteiger partial charge < -0.3 is 10.6 Å². The van der Waals surface area contributed by atoms with E-state index in [9.17, 15) is 9.59 Å². The number of carbonyl (C=O) groups is 2. The molecule has 20 heavy (non-hydrogen) atoms. The first-order valence-corrected chi connectivity index (χ1v) is 6.99. The van der Waals surface area contributed by atoms with Gasteiger partial charge in [-0.3, -0.25) is 9.59 Å². The molecule has 0 aliphatic heterocycles. The fourth-order valence-electron chi connectivity index (χ4n) is 1.94. The standard InChI is InChI=1S/C14H16Cl2N2O2/c1-8-4-5-10(6-11(8)17-9(2)19)18-12(20)13(3)7-14(13,15)16/h4-6H,7H2,1-3H3,(H,17,19)(H,18,20)/t13-/m0/s1. The van der Waals surface area contributed by atoms with Gasteiger partial charge in [-0.1, -0.05) is 6.07 Å². The molecule has 1 aromatic rings. The van der Waals surface area contributed by atoms with Gasteiger partial charge in [0.15, 0.2) is 0 Å². The maximum Gasteiger partial charge on any atom is 0.233 e. The van der Waals surface area contributed by atoms with Gasteiger partial charge in [0, 0.05) is 18.3 Å². The number of alkyl halides is 2. The van der Waals surface area contributed by atoms with E-state index in [0.29, 0.717) is 17.8 Å². The van der Waals surface area contributed by atoms with Crippen molar-refractivity contribution in [3.63, 3.8) is 0 Å². The predicted octanol–water partition coefficient (Wildman–Crippen LogP) is 3.48. The molecular weight excluding hydrogens is 299 g/mol. The van der Waals surface area contributed by atoms with Crippen LogP contribution >= 0.6 is 23.2 Å². The van der Waals surface area contributed by atoms with E-state index in [1.54, 1.807) is 19.1 Å². The van der Waals surface area contributed by atoms with Gasteiger partial charge in [-0.15, -0.1) is 23.2 Å². The summed E-state index contributed by atoms with van der Waals surface area (Å²) in [5.74, 6) is -0.383. The molecule has 0 radical (unpaired) electrons. The molecule has 1 aromatic carbocycles. The highest BCUT2D eigenvalue weighted by molar-refractivity contribution is 6.53. The Morgan fingerprint density at radius 2 is 1.85 bits per heavy atom. The third-order valence-corrected chi connectivity index (χ3v) is 4.67. The number of rotatable bonds is 3. The number of hydrogen-bond acceptors (Lipinski definition) is 2. The van der Waals surface area contributed by atoms with E-state index in [4.69, 9.17) is 23.2 Å². The largest absolute Gasteiger partial charge is 0.326 e. The third-order valence-electron chi connectivity index (χ3n) is 3.57. The molecule has 2 amide bonds. The van der Waals surface area contributed by atoms with Crippen molar-refractivity contribution in [1.82, 2.24) is 0 Å². The highest BCUT2D eigenvalue weighted by atomic mass is 35.5. The van der Waals surface area contributed by atoms with Gasteiger partial charge in [-0.25, -0.2) is 0 Å². The maximum absolute atomic E-state index is 12.2. The van der Waals surface area contributed by atoms with Crippen molar-refractivity contribution >= 4 is 46.4 Å². The Balaban J connectivity index is 2.15. The Labute approximate surface area is 127 Å². The number of aryl methyl sites for hydroxylation is 1. The zero-order valence-electron chi connectivity index (χ0n) is 11.5. The molecule has 1 atom stereocenters. The highest BCUT2D eigenvalue weighted by Gasteiger charge is 2.67. The summed E-state index contributed by atoms with van der Waals surface area (Å²) in [6.07, 6.45) is 0.430. The summed E-state index contributed by atoms with van der Waals surface area (Å²) in [6, 6.07) is 5.31. The van der Waals surface area contributed by atoms with E-state index in [1.807, 2.05) is 13.0 Å². The van der Waals surface area contributed by atoms with Crippen LogP contribution in [0.1, 0.15) is 25.8 Å². The molecule has 0 heterocycles. The zero-order chi connectivity index (χ0) is 15.1. The van der Waals surface area contributed by atoms with E-state index in [2.05, 4.69) is 10.6 Å². The van der Waals surface area contributed by atoms with Crippen LogP contribution in [-0.4, -0.2) is 16.1 Å². The molecule has 108 valence electrons. The minimum atomic E-state index is -0.998. The molecule has 6 heteroatoms. The molecular formula is C14H16Cl2N2O2. The van der Waals surface area contributed by atoms with Crippen molar-refractivity contribution < 1.29 is 9.59 Å². The molecule has 0 bridgehead atoms. The molecule has 1 aliphatic rings. The summed E-state index contributed by atoms with van der Waals surface area (Å²) < 4.78 is -0.998. The summed E-state index contributed by atoms with van der Waals surface area (Å²) in [5.41, 5.74) is 1.41. The molecule has 2 N–H and O–H groups in total. The van der Waals surface area contributed by atoms with Gasteiger partial charge in [-0.2, -0.15) is 0 Å². The molecule has 0 unspecified atom stereocenters. The lowest BCUT2D eigenvalue weighted by molar-refractivity contribution is -0.120. The third kappa shape index (κ3) is 2.76. The van der Waals surface area contributed by atoms with Crippen LogP contribution in [0.3, 0.4) is 0 Å². The zero-order valence-corrected chi connectivity index (χ0v) is 13.0. The van der Waals surface area contributed by atoms with E-state index in [0.717, 1.165) is 5.56 Å². The number of benzene rings is 1. The Morgan fingerprint density at radius 1 is 1.25 bits per heavy atom. The molecule has 4 nitrogen and oxygen atoms in total. The Kier molecular flexibility index (Phi) is 3.73. The number of carbonyl (C=O) groups excluding carboxylic acids is 2. The number of halogens is 2. The molecule has 1 aliphatic carbocycles. The number of anilines is 2. The first-order chi connectivity index (χ1) is 9.15. The lowest BCUT2D eigenvalue weighted by Crippen LogP contribution is -2.26. The van der Waals surface area contributed by atoms with E-state index in [-0.39, 0.29) is 11.8 Å². The Hall–Kier alpha value is -1.26. The molecule has 0 spiro atoms. The Bertz CT molecular complexity index is 587. The summed E-state index contributed by atoms with van der Waals surface area (Å²) in [6.45, 7) is 5.04. The fourth-order valence-corrected chi connectivity index (χ4v) is 2.65. The topological polar surface area (TPSA) is 58.2 Å². The van der Waals surface area contributed by atoms with Gasteiger partial charge in [0.25, 0.3) is 0 Å². The summed E-state index contributed by atoms with van der Waals surface area (Å²) in [5, 5.41) is 5.50. The smallest absolute Gasteiger partial charge is 0.233 e. The van der Waals surface area contributed by atoms with Crippen molar-refractivity contribution in [3.05, 3.63) is 23.8 Å². The van der Waals surface area contributed by atoms with Crippen LogP contribution < -0.4 is 10.6 Å². The van der Waals surface area contributed by atoms with Gasteiger partial charge in [0.05, 0.1) is 5.41 Å². The van der Waals surface area contributed by atoms with E-state index < -0.39 is 9.75 Å². The van der Waals surface area contributed by atoms with Crippen LogP contribution in [0.5, 0.6) is 0 Å². The average Bonchev–Trinajstić information content (AvgIpc) is 2.83.